The largest absolute Gasteiger partial charge is 0.594 e. The highest BCUT2D eigenvalue weighted by atomic mass is 32.2. The SMILES string of the molecule is C=CCCC1CN(B2OC(C)(C)C(C)(C)O2)c2ccn(S(=O)(=O)c3ccc(C)cc3)c2C1=O. The van der Waals surface area contributed by atoms with E-state index in [0.29, 0.717) is 25.1 Å². The lowest BCUT2D eigenvalue weighted by Gasteiger charge is -2.35. The normalized spacial score (nSPS) is 21.8. The maximum absolute atomic E-state index is 13.5. The number of hydrogen-bond donors (Lipinski definition) is 0. The average molecular weight is 470 g/mol. The first kappa shape index (κ1) is 23.8. The minimum Gasteiger partial charge on any atom is -0.384 e. The molecule has 1 atom stereocenters. The lowest BCUT2D eigenvalue weighted by Crippen LogP contribution is -2.50. The first-order valence-electron chi connectivity index (χ1n) is 11.2. The molecule has 7 nitrogen and oxygen atoms in total. The summed E-state index contributed by atoms with van der Waals surface area (Å²) in [6.45, 7) is 13.9. The zero-order chi connectivity index (χ0) is 24.2. The number of aryl methyl sites for hydroxylation is 1. The first-order chi connectivity index (χ1) is 15.4. The number of fused-ring (bicyclic) bond motifs is 1. The van der Waals surface area contributed by atoms with Crippen molar-refractivity contribution in [3.05, 3.63) is 60.4 Å². The average Bonchev–Trinajstić information content (AvgIpc) is 3.27. The standard InChI is InChI=1S/C24H31BN2O5S/c1-7-8-9-18-16-26(25-31-23(3,4)24(5,6)32-25)20-14-15-27(21(20)22(18)28)33(29,30)19-12-10-17(2)11-13-19/h7,10-15,18H,1,8-9,16H2,2-6H3. The molecule has 3 heterocycles. The van der Waals surface area contributed by atoms with Crippen molar-refractivity contribution in [3.63, 3.8) is 0 Å². The van der Waals surface area contributed by atoms with Gasteiger partial charge in [0.05, 0.1) is 21.8 Å². The third-order valence-corrected chi connectivity index (χ3v) is 8.64. The van der Waals surface area contributed by atoms with Crippen LogP contribution in [0.1, 0.15) is 56.6 Å². The van der Waals surface area contributed by atoms with Crippen molar-refractivity contribution in [1.29, 1.82) is 0 Å². The third-order valence-electron chi connectivity index (χ3n) is 6.95. The molecule has 2 aliphatic rings. The predicted molar refractivity (Wildman–Crippen MR) is 129 cm³/mol. The zero-order valence-electron chi connectivity index (χ0n) is 19.9. The molecule has 176 valence electrons. The summed E-state index contributed by atoms with van der Waals surface area (Å²) in [5, 5.41) is 0. The summed E-state index contributed by atoms with van der Waals surface area (Å²) >= 11 is 0. The fraction of sp³-hybridized carbons (Fsp3) is 0.458. The predicted octanol–water partition coefficient (Wildman–Crippen LogP) is 4.21. The molecule has 0 N–H and O–H groups in total. The van der Waals surface area contributed by atoms with Crippen molar-refractivity contribution in [3.8, 4) is 0 Å². The number of benzene rings is 1. The van der Waals surface area contributed by atoms with E-state index >= 15 is 0 Å². The second-order valence-electron chi connectivity index (χ2n) is 9.81. The first-order valence-corrected chi connectivity index (χ1v) is 12.6. The number of hydrogen-bond acceptors (Lipinski definition) is 6. The van der Waals surface area contributed by atoms with Gasteiger partial charge in [-0.05, 0) is 65.7 Å². The molecule has 1 fully saturated rings. The molecule has 0 radical (unpaired) electrons. The van der Waals surface area contributed by atoms with E-state index in [-0.39, 0.29) is 16.4 Å². The van der Waals surface area contributed by atoms with Gasteiger partial charge in [0.15, 0.2) is 5.78 Å². The summed E-state index contributed by atoms with van der Waals surface area (Å²) in [5.74, 6) is -0.600. The van der Waals surface area contributed by atoms with Crippen LogP contribution in [0.4, 0.5) is 5.69 Å². The van der Waals surface area contributed by atoms with Gasteiger partial charge in [-0.2, -0.15) is 0 Å². The minimum atomic E-state index is -3.96. The highest BCUT2D eigenvalue weighted by molar-refractivity contribution is 7.90. The van der Waals surface area contributed by atoms with Gasteiger partial charge in [0.1, 0.15) is 5.69 Å². The van der Waals surface area contributed by atoms with Crippen LogP contribution in [0.25, 0.3) is 0 Å². The molecular weight excluding hydrogens is 439 g/mol. The van der Waals surface area contributed by atoms with E-state index in [1.807, 2.05) is 39.4 Å². The van der Waals surface area contributed by atoms with E-state index in [1.165, 1.54) is 6.20 Å². The van der Waals surface area contributed by atoms with Crippen molar-refractivity contribution in [2.75, 3.05) is 11.4 Å². The van der Waals surface area contributed by atoms with E-state index in [0.717, 1.165) is 9.54 Å². The Hall–Kier alpha value is -2.36. The Morgan fingerprint density at radius 1 is 1.12 bits per heavy atom. The molecule has 0 bridgehead atoms. The van der Waals surface area contributed by atoms with Gasteiger partial charge in [-0.1, -0.05) is 23.8 Å². The van der Waals surface area contributed by atoms with Crippen LogP contribution in [0.15, 0.2) is 54.1 Å². The molecule has 1 aromatic heterocycles. The number of ketones is 1. The maximum atomic E-state index is 13.5. The molecule has 0 aliphatic carbocycles. The Morgan fingerprint density at radius 2 is 1.73 bits per heavy atom. The van der Waals surface area contributed by atoms with Crippen LogP contribution >= 0.6 is 0 Å². The smallest absolute Gasteiger partial charge is 0.384 e. The zero-order valence-corrected chi connectivity index (χ0v) is 20.7. The van der Waals surface area contributed by atoms with Crippen molar-refractivity contribution < 1.29 is 22.5 Å². The van der Waals surface area contributed by atoms with Gasteiger partial charge in [0.2, 0.25) is 0 Å². The number of anilines is 1. The second-order valence-corrected chi connectivity index (χ2v) is 11.6. The molecule has 1 saturated heterocycles. The van der Waals surface area contributed by atoms with E-state index in [9.17, 15) is 13.2 Å². The van der Waals surface area contributed by atoms with Crippen LogP contribution in [-0.2, 0) is 19.3 Å². The highest BCUT2D eigenvalue weighted by Gasteiger charge is 2.56. The highest BCUT2D eigenvalue weighted by Crippen LogP contribution is 2.42. The maximum Gasteiger partial charge on any atom is 0.594 e. The third kappa shape index (κ3) is 3.96. The quantitative estimate of drug-likeness (QED) is 0.465. The number of allylic oxidation sites excluding steroid dienone is 1. The van der Waals surface area contributed by atoms with E-state index in [1.54, 1.807) is 36.4 Å². The summed E-state index contributed by atoms with van der Waals surface area (Å²) in [6, 6.07) is 8.27. The molecule has 1 unspecified atom stereocenters. The molecule has 2 aliphatic heterocycles. The Morgan fingerprint density at radius 3 is 2.30 bits per heavy atom. The molecule has 33 heavy (non-hydrogen) atoms. The Bertz CT molecular complexity index is 1170. The minimum absolute atomic E-state index is 0.134. The lowest BCUT2D eigenvalue weighted by atomic mass is 9.87. The van der Waals surface area contributed by atoms with E-state index < -0.39 is 34.4 Å². The van der Waals surface area contributed by atoms with Gasteiger partial charge in [-0.25, -0.2) is 12.4 Å². The number of nitrogens with zero attached hydrogens (tertiary/aromatic N) is 2. The summed E-state index contributed by atoms with van der Waals surface area (Å²) in [4.78, 5) is 15.5. The second kappa shape index (κ2) is 8.15. The van der Waals surface area contributed by atoms with Crippen LogP contribution < -0.4 is 4.81 Å². The Labute approximate surface area is 196 Å². The van der Waals surface area contributed by atoms with Gasteiger partial charge in [0, 0.05) is 18.7 Å². The lowest BCUT2D eigenvalue weighted by molar-refractivity contribution is 0.00578. The van der Waals surface area contributed by atoms with E-state index in [2.05, 4.69) is 6.58 Å². The number of Topliss-reactive ketones (excluding diaryl/α,β-unsaturated/α-hetero) is 1. The molecule has 0 saturated carbocycles. The van der Waals surface area contributed by atoms with Gasteiger partial charge in [0.25, 0.3) is 10.0 Å². The van der Waals surface area contributed by atoms with Crippen molar-refractivity contribution in [2.24, 2.45) is 5.92 Å². The number of carbonyl (C=O) groups is 1. The van der Waals surface area contributed by atoms with Gasteiger partial charge < -0.3 is 14.1 Å². The topological polar surface area (TPSA) is 77.8 Å². The summed E-state index contributed by atoms with van der Waals surface area (Å²) in [5.41, 5.74) is 0.476. The van der Waals surface area contributed by atoms with Crippen LogP contribution in [0.5, 0.6) is 0 Å². The summed E-state index contributed by atoms with van der Waals surface area (Å²) in [6.07, 6.45) is 4.43. The van der Waals surface area contributed by atoms with Gasteiger partial charge in [-0.15, -0.1) is 6.58 Å². The number of aromatic nitrogens is 1. The van der Waals surface area contributed by atoms with Crippen molar-refractivity contribution >= 4 is 28.7 Å². The van der Waals surface area contributed by atoms with Crippen LogP contribution in [0.3, 0.4) is 0 Å². The van der Waals surface area contributed by atoms with Gasteiger partial charge in [-0.3, -0.25) is 4.79 Å². The monoisotopic (exact) mass is 470 g/mol. The fourth-order valence-electron chi connectivity index (χ4n) is 4.19. The van der Waals surface area contributed by atoms with Gasteiger partial charge >= 0.3 is 7.25 Å². The van der Waals surface area contributed by atoms with Crippen molar-refractivity contribution in [2.45, 2.75) is 63.6 Å². The number of rotatable bonds is 6. The molecule has 1 aromatic carbocycles. The summed E-state index contributed by atoms with van der Waals surface area (Å²) in [7, 11) is -4.69. The molecule has 4 rings (SSSR count). The van der Waals surface area contributed by atoms with Crippen LogP contribution in [0, 0.1) is 12.8 Å². The Kier molecular flexibility index (Phi) is 5.87. The molecule has 9 heteroatoms. The molecule has 0 amide bonds. The molecule has 2 aromatic rings. The molecule has 0 spiro atoms. The summed E-state index contributed by atoms with van der Waals surface area (Å²) < 4.78 is 40.6. The van der Waals surface area contributed by atoms with Crippen LogP contribution in [-0.4, -0.2) is 43.2 Å². The number of carbonyl (C=O) groups excluding carboxylic acids is 1. The van der Waals surface area contributed by atoms with Crippen molar-refractivity contribution in [1.82, 2.24) is 3.97 Å². The molecular formula is C24H31BN2O5S. The Balaban J connectivity index is 1.81. The van der Waals surface area contributed by atoms with Crippen LogP contribution in [0.2, 0.25) is 0 Å². The fourth-order valence-corrected chi connectivity index (χ4v) is 5.54. The van der Waals surface area contributed by atoms with E-state index in [4.69, 9.17) is 9.31 Å².